The van der Waals surface area contributed by atoms with Crippen molar-refractivity contribution in [3.8, 4) is 17.2 Å². The maximum Gasteiger partial charge on any atom is 0.128 e. The number of phenols is 3. The van der Waals surface area contributed by atoms with Gasteiger partial charge in [-0.15, -0.1) is 12.6 Å². The van der Waals surface area contributed by atoms with Gasteiger partial charge in [0.2, 0.25) is 0 Å². The van der Waals surface area contributed by atoms with E-state index < -0.39 is 5.41 Å². The summed E-state index contributed by atoms with van der Waals surface area (Å²) in [5.74, 6) is 0.528. The summed E-state index contributed by atoms with van der Waals surface area (Å²) in [6.45, 7) is 2.06. The quantitative estimate of drug-likeness (QED) is 0.422. The molecule has 3 nitrogen and oxygen atoms in total. The number of thiol groups is 1. The zero-order valence-corrected chi connectivity index (χ0v) is 14.0. The van der Waals surface area contributed by atoms with E-state index in [1.807, 2.05) is 36.4 Å². The van der Waals surface area contributed by atoms with Crippen LogP contribution in [0.15, 0.2) is 71.6 Å². The van der Waals surface area contributed by atoms with Crippen LogP contribution in [0.4, 0.5) is 0 Å². The van der Waals surface area contributed by atoms with Crippen LogP contribution in [0, 0.1) is 0 Å². The van der Waals surface area contributed by atoms with Crippen LogP contribution in [-0.4, -0.2) is 15.3 Å². The molecular weight excluding hydrogens is 320 g/mol. The summed E-state index contributed by atoms with van der Waals surface area (Å²) >= 11 is 4.33. The van der Waals surface area contributed by atoms with Crippen LogP contribution in [0.5, 0.6) is 17.2 Å². The number of benzene rings is 3. The molecule has 0 unspecified atom stereocenters. The van der Waals surface area contributed by atoms with Gasteiger partial charge in [0.15, 0.2) is 0 Å². The normalized spacial score (nSPS) is 11.4. The number of rotatable bonds is 3. The monoisotopic (exact) mass is 338 g/mol. The molecule has 0 aliphatic rings. The van der Waals surface area contributed by atoms with Gasteiger partial charge in [0.05, 0.1) is 0 Å². The van der Waals surface area contributed by atoms with Gasteiger partial charge >= 0.3 is 0 Å². The highest BCUT2D eigenvalue weighted by Crippen LogP contribution is 2.41. The second-order valence-electron chi connectivity index (χ2n) is 5.92. The van der Waals surface area contributed by atoms with Crippen molar-refractivity contribution < 1.29 is 15.3 Å². The summed E-state index contributed by atoms with van der Waals surface area (Å²) < 4.78 is 0. The maximum atomic E-state index is 9.78. The molecule has 0 radical (unpaired) electrons. The van der Waals surface area contributed by atoms with E-state index in [1.165, 1.54) is 0 Å². The fourth-order valence-electron chi connectivity index (χ4n) is 2.92. The van der Waals surface area contributed by atoms with Gasteiger partial charge in [-0.1, -0.05) is 30.3 Å². The molecule has 24 heavy (non-hydrogen) atoms. The number of hydrogen-bond acceptors (Lipinski definition) is 4. The predicted molar refractivity (Wildman–Crippen MR) is 97.1 cm³/mol. The van der Waals surface area contributed by atoms with E-state index in [2.05, 4.69) is 19.6 Å². The van der Waals surface area contributed by atoms with Crippen molar-refractivity contribution in [3.05, 3.63) is 83.4 Å². The maximum absolute atomic E-state index is 9.78. The van der Waals surface area contributed by atoms with Gasteiger partial charge in [0, 0.05) is 10.3 Å². The van der Waals surface area contributed by atoms with Gasteiger partial charge in [-0.25, -0.2) is 0 Å². The summed E-state index contributed by atoms with van der Waals surface area (Å²) in [5, 5.41) is 29.0. The van der Waals surface area contributed by atoms with Gasteiger partial charge in [0.1, 0.15) is 17.2 Å². The van der Waals surface area contributed by atoms with Crippen molar-refractivity contribution in [2.45, 2.75) is 17.2 Å². The minimum atomic E-state index is -0.535. The Morgan fingerprint density at radius 2 is 1.08 bits per heavy atom. The second kappa shape index (κ2) is 6.13. The van der Waals surface area contributed by atoms with Gasteiger partial charge in [-0.3, -0.25) is 0 Å². The van der Waals surface area contributed by atoms with Crippen molar-refractivity contribution in [1.82, 2.24) is 0 Å². The Morgan fingerprint density at radius 1 is 0.667 bits per heavy atom. The zero-order chi connectivity index (χ0) is 17.3. The molecule has 0 aromatic heterocycles. The molecule has 0 fully saturated rings. The van der Waals surface area contributed by atoms with Crippen LogP contribution >= 0.6 is 12.6 Å². The second-order valence-corrected chi connectivity index (χ2v) is 6.40. The highest BCUT2D eigenvalue weighted by Gasteiger charge is 2.31. The van der Waals surface area contributed by atoms with E-state index in [-0.39, 0.29) is 17.2 Å². The molecule has 0 spiro atoms. The van der Waals surface area contributed by atoms with Crippen molar-refractivity contribution in [2.24, 2.45) is 0 Å². The third-order valence-electron chi connectivity index (χ3n) is 4.44. The predicted octanol–water partition coefficient (Wildman–Crippen LogP) is 4.45. The summed E-state index contributed by atoms with van der Waals surface area (Å²) in [6, 6.07) is 19.4. The topological polar surface area (TPSA) is 60.7 Å². The summed E-state index contributed by atoms with van der Waals surface area (Å²) in [5.41, 5.74) is 2.36. The Balaban J connectivity index is 2.25. The van der Waals surface area contributed by atoms with E-state index in [1.54, 1.807) is 30.3 Å². The molecule has 0 saturated carbocycles. The molecule has 122 valence electrons. The molecule has 4 heteroatoms. The Hall–Kier alpha value is -2.59. The third kappa shape index (κ3) is 2.81. The average Bonchev–Trinajstić information content (AvgIpc) is 2.58. The van der Waals surface area contributed by atoms with Crippen molar-refractivity contribution in [1.29, 1.82) is 0 Å². The van der Waals surface area contributed by atoms with Crippen LogP contribution in [0.25, 0.3) is 0 Å². The van der Waals surface area contributed by atoms with E-state index in [0.717, 1.165) is 16.7 Å². The van der Waals surface area contributed by atoms with Crippen molar-refractivity contribution in [2.75, 3.05) is 0 Å². The fourth-order valence-corrected chi connectivity index (χ4v) is 3.14. The molecule has 3 aromatic rings. The smallest absolute Gasteiger partial charge is 0.128 e. The molecule has 0 aliphatic carbocycles. The number of phenolic OH excluding ortho intramolecular Hbond substituents is 3. The van der Waals surface area contributed by atoms with E-state index in [9.17, 15) is 15.3 Å². The lowest BCUT2D eigenvalue weighted by atomic mass is 9.71. The molecule has 0 heterocycles. The fraction of sp³-hybridized carbons (Fsp3) is 0.100. The highest BCUT2D eigenvalue weighted by atomic mass is 32.1. The van der Waals surface area contributed by atoms with Crippen LogP contribution in [0.1, 0.15) is 23.6 Å². The Morgan fingerprint density at radius 3 is 1.50 bits per heavy atom. The largest absolute Gasteiger partial charge is 0.508 e. The summed E-state index contributed by atoms with van der Waals surface area (Å²) in [6.07, 6.45) is 0. The summed E-state index contributed by atoms with van der Waals surface area (Å²) in [4.78, 5) is 0.497. The molecule has 0 amide bonds. The van der Waals surface area contributed by atoms with E-state index >= 15 is 0 Å². The average molecular weight is 338 g/mol. The van der Waals surface area contributed by atoms with Crippen LogP contribution in [-0.2, 0) is 5.41 Å². The van der Waals surface area contributed by atoms with E-state index in [0.29, 0.717) is 4.90 Å². The first-order chi connectivity index (χ1) is 11.4. The minimum Gasteiger partial charge on any atom is -0.508 e. The molecule has 0 saturated heterocycles. The SMILES string of the molecule is CC(c1ccc(O)cc1)(c1ccc(O)cc1)c1ccc(O)c(S)c1. The molecule has 0 bridgehead atoms. The van der Waals surface area contributed by atoms with Crippen LogP contribution < -0.4 is 0 Å². The highest BCUT2D eigenvalue weighted by molar-refractivity contribution is 7.80. The Labute approximate surface area is 146 Å². The molecule has 0 atom stereocenters. The third-order valence-corrected chi connectivity index (χ3v) is 4.80. The van der Waals surface area contributed by atoms with Crippen molar-refractivity contribution in [3.63, 3.8) is 0 Å². The summed E-state index contributed by atoms with van der Waals surface area (Å²) in [7, 11) is 0. The van der Waals surface area contributed by atoms with Crippen LogP contribution in [0.2, 0.25) is 0 Å². The molecule has 0 aliphatic heterocycles. The first-order valence-electron chi connectivity index (χ1n) is 7.53. The number of hydrogen-bond donors (Lipinski definition) is 4. The van der Waals surface area contributed by atoms with Gasteiger partial charge in [-0.05, 0) is 60.0 Å². The number of aromatic hydroxyl groups is 3. The molecule has 3 aromatic carbocycles. The lowest BCUT2D eigenvalue weighted by molar-refractivity contribution is 0.461. The van der Waals surface area contributed by atoms with Gasteiger partial charge in [-0.2, -0.15) is 0 Å². The van der Waals surface area contributed by atoms with E-state index in [4.69, 9.17) is 0 Å². The zero-order valence-electron chi connectivity index (χ0n) is 13.1. The van der Waals surface area contributed by atoms with Crippen LogP contribution in [0.3, 0.4) is 0 Å². The minimum absolute atomic E-state index is 0.126. The van der Waals surface area contributed by atoms with Crippen molar-refractivity contribution >= 4 is 12.6 Å². The lowest BCUT2D eigenvalue weighted by Gasteiger charge is -2.32. The lowest BCUT2D eigenvalue weighted by Crippen LogP contribution is -2.25. The molecule has 3 rings (SSSR count). The Kier molecular flexibility index (Phi) is 4.16. The molecule has 3 N–H and O–H groups in total. The standard InChI is InChI=1S/C20H18O3S/c1-20(13-2-7-16(21)8-3-13,14-4-9-17(22)10-5-14)15-6-11-18(23)19(24)12-15/h2-12,21-24H,1H3. The first-order valence-corrected chi connectivity index (χ1v) is 7.97. The first kappa shape index (κ1) is 16.3. The Bertz CT molecular complexity index is 810. The molecular formula is C20H18O3S. The van der Waals surface area contributed by atoms with Gasteiger partial charge < -0.3 is 15.3 Å². The van der Waals surface area contributed by atoms with Gasteiger partial charge in [0.25, 0.3) is 0 Å².